The van der Waals surface area contributed by atoms with E-state index in [9.17, 15) is 33.0 Å². The number of aromatic nitrogens is 1. The molecule has 0 saturated heterocycles. The van der Waals surface area contributed by atoms with Crippen molar-refractivity contribution in [3.63, 3.8) is 0 Å². The Morgan fingerprint density at radius 3 is 2.49 bits per heavy atom. The Hall–Kier alpha value is -3.54. The summed E-state index contributed by atoms with van der Waals surface area (Å²) in [5.74, 6) is -3.92. The first-order valence-corrected chi connectivity index (χ1v) is 14.7. The summed E-state index contributed by atoms with van der Waals surface area (Å²) in [6, 6.07) is -1.26. The van der Waals surface area contributed by atoms with Gasteiger partial charge in [0.25, 0.3) is 0 Å². The molecule has 0 saturated carbocycles. The van der Waals surface area contributed by atoms with Crippen molar-refractivity contribution < 1.29 is 52.7 Å². The number of thiazole rings is 1. The van der Waals surface area contributed by atoms with Gasteiger partial charge >= 0.3 is 28.1 Å². The number of aliphatic carboxylic acids is 1. The molecule has 14 N–H and O–H groups in total. The van der Waals surface area contributed by atoms with Crippen LogP contribution in [0.25, 0.3) is 0 Å². The number of aliphatic hydroxyl groups excluding tert-OH is 3. The molecule has 1 aliphatic heterocycles. The van der Waals surface area contributed by atoms with Crippen molar-refractivity contribution in [2.75, 3.05) is 12.4 Å². The summed E-state index contributed by atoms with van der Waals surface area (Å²) in [6.07, 6.45) is -3.38. The standard InChI is InChI=1S/C11H15NO9.C8H15N7O2S3/c12-4(10(17)18)1-2-6(15)20-9-7(16)11(19)21-8(9)5(14)3-13;9-6(15-20(12,16)17)1-2-18-3-5-4-19-8(13-5)14-7(10)11/h4-5,8,13-14,16H,1-3,12H2,(H,17,18);4H,1-3H2,(H2,9,15)(H2,12,16,17)(H4,10,11,13,14)/t4-,5-,8+;/m0./s1. The average molecular weight is 643 g/mol. The number of carbonyl (C=O) groups is 3. The number of hydrogen-bond acceptors (Lipinski definition) is 15. The average Bonchev–Trinajstić information content (AvgIpc) is 3.42. The van der Waals surface area contributed by atoms with E-state index in [1.54, 1.807) is 0 Å². The van der Waals surface area contributed by atoms with Gasteiger partial charge in [-0.1, -0.05) is 0 Å². The maximum atomic E-state index is 11.5. The Kier molecular flexibility index (Phi) is 14.4. The number of aliphatic imine (C=N–C) groups is 1. The Bertz CT molecular complexity index is 1280. The first-order valence-electron chi connectivity index (χ1n) is 11.1. The zero-order chi connectivity index (χ0) is 31.3. The van der Waals surface area contributed by atoms with Crippen LogP contribution < -0.4 is 28.1 Å². The van der Waals surface area contributed by atoms with Gasteiger partial charge in [0.2, 0.25) is 16.6 Å². The number of nitrogens with zero attached hydrogens (tertiary/aromatic N) is 3. The molecule has 22 heteroatoms. The normalized spacial score (nSPS) is 16.7. The van der Waals surface area contributed by atoms with Gasteiger partial charge in [-0.15, -0.1) is 15.7 Å². The molecule has 0 aliphatic carbocycles. The second-order valence-corrected chi connectivity index (χ2v) is 11.0. The van der Waals surface area contributed by atoms with Crippen LogP contribution in [0.5, 0.6) is 0 Å². The molecule has 0 unspecified atom stereocenters. The molecule has 0 fully saturated rings. The van der Waals surface area contributed by atoms with E-state index < -0.39 is 64.5 Å². The van der Waals surface area contributed by atoms with Crippen LogP contribution >= 0.6 is 23.1 Å². The van der Waals surface area contributed by atoms with Crippen molar-refractivity contribution in [3.8, 4) is 0 Å². The SMILES string of the molecule is NC(N)=Nc1nc(CSCCC(N)=NS(N)(=O)=O)cs1.N[C@@H](CCC(=O)OC1=C(O)C(=O)O[C@@H]1[C@@H](O)CO)C(=O)O. The molecule has 1 aliphatic rings. The van der Waals surface area contributed by atoms with E-state index in [0.29, 0.717) is 23.1 Å². The second kappa shape index (κ2) is 16.7. The summed E-state index contributed by atoms with van der Waals surface area (Å²) < 4.78 is 33.7. The van der Waals surface area contributed by atoms with E-state index in [4.69, 9.17) is 38.3 Å². The highest BCUT2D eigenvalue weighted by atomic mass is 32.2. The third-order valence-corrected chi connectivity index (χ3v) is 6.68. The number of esters is 2. The van der Waals surface area contributed by atoms with Crippen LogP contribution in [0.1, 0.15) is 25.0 Å². The van der Waals surface area contributed by atoms with Crippen LogP contribution in [0.3, 0.4) is 0 Å². The maximum Gasteiger partial charge on any atom is 0.378 e. The monoisotopic (exact) mass is 642 g/mol. The lowest BCUT2D eigenvalue weighted by molar-refractivity contribution is -0.151. The molecule has 0 aromatic carbocycles. The third kappa shape index (κ3) is 13.6. The van der Waals surface area contributed by atoms with E-state index >= 15 is 0 Å². The number of aliphatic hydroxyl groups is 3. The zero-order valence-corrected chi connectivity index (χ0v) is 23.6. The topological polar surface area (TPSA) is 352 Å². The van der Waals surface area contributed by atoms with Gasteiger partial charge in [0.05, 0.1) is 12.3 Å². The molecule has 3 atom stereocenters. The number of carboxylic acids is 1. The van der Waals surface area contributed by atoms with E-state index in [1.807, 2.05) is 5.38 Å². The van der Waals surface area contributed by atoms with Crippen molar-refractivity contribution in [2.24, 2.45) is 37.5 Å². The number of carbonyl (C=O) groups excluding carboxylic acids is 2. The molecule has 230 valence electrons. The summed E-state index contributed by atoms with van der Waals surface area (Å²) in [7, 11) is -3.92. The highest BCUT2D eigenvalue weighted by molar-refractivity contribution is 7.98. The van der Waals surface area contributed by atoms with Crippen molar-refractivity contribution in [3.05, 3.63) is 22.6 Å². The summed E-state index contributed by atoms with van der Waals surface area (Å²) >= 11 is 2.86. The number of nitrogens with two attached hydrogens (primary N) is 5. The molecular weight excluding hydrogens is 612 g/mol. The Morgan fingerprint density at radius 2 is 1.93 bits per heavy atom. The lowest BCUT2D eigenvalue weighted by atomic mass is 10.1. The van der Waals surface area contributed by atoms with Gasteiger partial charge in [0.1, 0.15) is 18.0 Å². The van der Waals surface area contributed by atoms with Gasteiger partial charge in [0, 0.05) is 29.7 Å². The molecule has 2 heterocycles. The van der Waals surface area contributed by atoms with Crippen molar-refractivity contribution in [1.29, 1.82) is 0 Å². The van der Waals surface area contributed by atoms with Gasteiger partial charge in [0.15, 0.2) is 12.1 Å². The first kappa shape index (κ1) is 35.5. The molecular formula is C19H30N8O11S3. The third-order valence-electron chi connectivity index (χ3n) is 4.42. The van der Waals surface area contributed by atoms with E-state index in [-0.39, 0.29) is 24.6 Å². The molecule has 1 aromatic heterocycles. The largest absolute Gasteiger partial charge is 0.499 e. The number of guanidine groups is 1. The van der Waals surface area contributed by atoms with E-state index in [1.165, 1.54) is 23.1 Å². The molecule has 1 aromatic rings. The van der Waals surface area contributed by atoms with Crippen LogP contribution in [-0.4, -0.2) is 94.1 Å². The fourth-order valence-corrected chi connectivity index (χ4v) is 4.66. The number of thioether (sulfide) groups is 1. The van der Waals surface area contributed by atoms with Crippen LogP contribution in [0.2, 0.25) is 0 Å². The summed E-state index contributed by atoms with van der Waals surface area (Å²) in [5.41, 5.74) is 21.9. The van der Waals surface area contributed by atoms with Crippen LogP contribution in [-0.2, 0) is 39.8 Å². The smallest absolute Gasteiger partial charge is 0.378 e. The van der Waals surface area contributed by atoms with Gasteiger partial charge in [-0.25, -0.2) is 14.9 Å². The second-order valence-electron chi connectivity index (χ2n) is 7.80. The summed E-state index contributed by atoms with van der Waals surface area (Å²) in [6.45, 7) is -0.795. The highest BCUT2D eigenvalue weighted by Crippen LogP contribution is 2.25. The fourth-order valence-electron chi connectivity index (χ4n) is 2.57. The summed E-state index contributed by atoms with van der Waals surface area (Å²) in [4.78, 5) is 41.2. The van der Waals surface area contributed by atoms with Crippen LogP contribution in [0.4, 0.5) is 5.13 Å². The predicted molar refractivity (Wildman–Crippen MR) is 147 cm³/mol. The van der Waals surface area contributed by atoms with E-state index in [0.717, 1.165) is 5.69 Å². The minimum Gasteiger partial charge on any atom is -0.499 e. The van der Waals surface area contributed by atoms with Gasteiger partial charge < -0.3 is 52.8 Å². The number of carboxylic acid groups (broad SMARTS) is 1. The Labute approximate surface area is 241 Å². The zero-order valence-electron chi connectivity index (χ0n) is 21.2. The Balaban J connectivity index is 0.000000410. The molecule has 41 heavy (non-hydrogen) atoms. The molecule has 2 rings (SSSR count). The maximum absolute atomic E-state index is 11.5. The molecule has 0 radical (unpaired) electrons. The number of hydrogen-bond donors (Lipinski definition) is 9. The van der Waals surface area contributed by atoms with Gasteiger partial charge in [-0.05, 0) is 6.42 Å². The Morgan fingerprint density at radius 1 is 1.27 bits per heavy atom. The van der Waals surface area contributed by atoms with Crippen molar-refractivity contribution >= 4 is 68.1 Å². The van der Waals surface area contributed by atoms with Crippen LogP contribution in [0.15, 0.2) is 26.3 Å². The quantitative estimate of drug-likeness (QED) is 0.0422. The van der Waals surface area contributed by atoms with Gasteiger partial charge in [-0.3, -0.25) is 9.59 Å². The number of amidine groups is 1. The number of rotatable bonds is 14. The molecule has 0 spiro atoms. The lowest BCUT2D eigenvalue weighted by Gasteiger charge is -2.17. The minimum absolute atomic E-state index is 0.0144. The highest BCUT2D eigenvalue weighted by Gasteiger charge is 2.41. The van der Waals surface area contributed by atoms with E-state index in [2.05, 4.69) is 23.8 Å². The first-order chi connectivity index (χ1) is 19.0. The molecule has 19 nitrogen and oxygen atoms in total. The lowest BCUT2D eigenvalue weighted by Crippen LogP contribution is -2.33. The molecule has 0 bridgehead atoms. The van der Waals surface area contributed by atoms with Crippen molar-refractivity contribution in [1.82, 2.24) is 4.98 Å². The van der Waals surface area contributed by atoms with Crippen LogP contribution in [0, 0.1) is 0 Å². The fraction of sp³-hybridized carbons (Fsp3) is 0.474. The predicted octanol–water partition coefficient (Wildman–Crippen LogP) is -3.00. The van der Waals surface area contributed by atoms with Crippen molar-refractivity contribution in [2.45, 2.75) is 43.3 Å². The minimum atomic E-state index is -3.92. The molecule has 0 amide bonds. The number of ether oxygens (including phenoxy) is 2. The summed E-state index contributed by atoms with van der Waals surface area (Å²) in [5, 5.41) is 43.2. The van der Waals surface area contributed by atoms with Gasteiger partial charge in [-0.2, -0.15) is 25.2 Å². The number of cyclic esters (lactones) is 1.